The number of hydrogen-bond acceptors (Lipinski definition) is 4. The molecule has 8 aromatic carbocycles. The van der Waals surface area contributed by atoms with Gasteiger partial charge in [0.25, 0.3) is 0 Å². The van der Waals surface area contributed by atoms with E-state index in [2.05, 4.69) is 20.0 Å². The average Bonchev–Trinajstić information content (AvgIpc) is 3.30. The number of nitrogens with one attached hydrogen (secondary N) is 4. The van der Waals surface area contributed by atoms with E-state index in [9.17, 15) is 20.4 Å². The predicted molar refractivity (Wildman–Crippen MR) is 232 cm³/mol. The van der Waals surface area contributed by atoms with E-state index in [4.69, 9.17) is 0 Å². The van der Waals surface area contributed by atoms with Crippen LogP contribution < -0.4 is 116 Å². The van der Waals surface area contributed by atoms with Crippen molar-refractivity contribution >= 4 is 47.6 Å². The molecule has 0 heterocycles. The minimum Gasteiger partial charge on any atom is -0.872 e. The molecular weight excluding hydrogens is 772 g/mol. The van der Waals surface area contributed by atoms with E-state index in [1.807, 2.05) is 146 Å². The Bertz CT molecular complexity index is 2240. The van der Waals surface area contributed by atoms with Gasteiger partial charge in [-0.25, -0.2) is 20.0 Å². The Morgan fingerprint density at radius 3 is 0.547 bits per heavy atom. The van der Waals surface area contributed by atoms with Crippen molar-refractivity contribution in [2.45, 2.75) is 0 Å². The molecule has 0 aliphatic heterocycles. The first-order chi connectivity index (χ1) is 29.4. The zero-order valence-electron chi connectivity index (χ0n) is 36.7. The van der Waals surface area contributed by atoms with Gasteiger partial charge >= 0.3 is 75.4 Å². The van der Waals surface area contributed by atoms with Gasteiger partial charge in [0.1, 0.15) is 0 Å². The molecule has 8 nitrogen and oxygen atoms in total. The Morgan fingerprint density at radius 1 is 0.219 bits per heavy atom. The Balaban J connectivity index is 0.000000418. The SMILES string of the molecule is [Li+].[Li+].[Li+].[Li+].[O-]c1ccccc1C=[NH+]c1ccccc1.[O-]c1ccccc1C=[NH+]c1ccccc1.[O-]c1ccccc1C=[NH+]c1ccccc1.[O-]c1ccccc1C=[NH+]c1ccccc1. The Hall–Kier alpha value is -5.97. The van der Waals surface area contributed by atoms with Crippen LogP contribution in [0.4, 0.5) is 22.7 Å². The van der Waals surface area contributed by atoms with Crippen molar-refractivity contribution in [1.82, 2.24) is 0 Å². The standard InChI is InChI=1S/4C13H11NO.4Li/c4*15-13-9-5-4-6-11(13)10-14-12-7-2-1-3-8-12;;;;/h4*1-10,15H;;;;/q;;;;4*+1. The van der Waals surface area contributed by atoms with Gasteiger partial charge in [-0.3, -0.25) is 0 Å². The molecule has 0 saturated heterocycles. The Labute approximate surface area is 423 Å². The third kappa shape index (κ3) is 20.9. The monoisotopic (exact) mass is 816 g/mol. The van der Waals surface area contributed by atoms with E-state index in [1.165, 1.54) is 0 Å². The van der Waals surface area contributed by atoms with Gasteiger partial charge in [-0.2, -0.15) is 0 Å². The first-order valence-corrected chi connectivity index (χ1v) is 19.1. The normalized spacial score (nSPS) is 10.0. The average molecular weight is 817 g/mol. The van der Waals surface area contributed by atoms with Crippen molar-refractivity contribution in [3.63, 3.8) is 0 Å². The van der Waals surface area contributed by atoms with Crippen LogP contribution in [0.15, 0.2) is 218 Å². The van der Waals surface area contributed by atoms with Gasteiger partial charge in [0.2, 0.25) is 22.7 Å². The van der Waals surface area contributed by atoms with E-state index in [-0.39, 0.29) is 98.4 Å². The number of para-hydroxylation sites is 8. The fraction of sp³-hybridized carbons (Fsp3) is 0. The molecule has 4 N–H and O–H groups in total. The van der Waals surface area contributed by atoms with Crippen LogP contribution in [0.5, 0.6) is 23.0 Å². The largest absolute Gasteiger partial charge is 1.00 e. The molecule has 0 aliphatic carbocycles. The topological polar surface area (TPSA) is 148 Å². The molecule has 12 heteroatoms. The zero-order chi connectivity index (χ0) is 42.0. The third-order valence-electron chi connectivity index (χ3n) is 8.35. The molecule has 0 amide bonds. The van der Waals surface area contributed by atoms with Crippen molar-refractivity contribution in [3.05, 3.63) is 241 Å². The van der Waals surface area contributed by atoms with E-state index >= 15 is 0 Å². The summed E-state index contributed by atoms with van der Waals surface area (Å²) in [5.41, 5.74) is 6.56. The van der Waals surface area contributed by atoms with Crippen molar-refractivity contribution in [1.29, 1.82) is 0 Å². The van der Waals surface area contributed by atoms with Crippen molar-refractivity contribution in [2.24, 2.45) is 0 Å². The fourth-order valence-electron chi connectivity index (χ4n) is 5.18. The second-order valence-corrected chi connectivity index (χ2v) is 12.8. The van der Waals surface area contributed by atoms with Crippen LogP contribution in [0.2, 0.25) is 0 Å². The molecule has 0 saturated carbocycles. The summed E-state index contributed by atoms with van der Waals surface area (Å²) in [6.45, 7) is 0. The van der Waals surface area contributed by atoms with Gasteiger partial charge in [0, 0.05) is 70.8 Å². The number of hydrogen-bond donors (Lipinski definition) is 4. The maximum Gasteiger partial charge on any atom is 1.00 e. The first kappa shape index (κ1) is 56.0. The van der Waals surface area contributed by atoms with Crippen LogP contribution in [-0.4, -0.2) is 24.9 Å². The van der Waals surface area contributed by atoms with Crippen LogP contribution >= 0.6 is 0 Å². The molecule has 0 bridgehead atoms. The maximum absolute atomic E-state index is 11.4. The maximum atomic E-state index is 11.4. The first-order valence-electron chi connectivity index (χ1n) is 19.1. The van der Waals surface area contributed by atoms with E-state index < -0.39 is 0 Å². The second kappa shape index (κ2) is 32.7. The minimum atomic E-state index is 0. The molecule has 0 fully saturated rings. The van der Waals surface area contributed by atoms with E-state index in [0.29, 0.717) is 22.3 Å². The van der Waals surface area contributed by atoms with Crippen LogP contribution in [0.25, 0.3) is 0 Å². The molecule has 0 spiro atoms. The molecule has 8 aromatic rings. The summed E-state index contributed by atoms with van der Waals surface area (Å²) in [5.74, 6) is 0.115. The molecule has 8 rings (SSSR count). The summed E-state index contributed by atoms with van der Waals surface area (Å²) in [6.07, 6.45) is 6.88. The van der Waals surface area contributed by atoms with Crippen LogP contribution in [0.3, 0.4) is 0 Å². The van der Waals surface area contributed by atoms with Gasteiger partial charge in [0.05, 0.1) is 0 Å². The van der Waals surface area contributed by atoms with Crippen molar-refractivity contribution in [3.8, 4) is 23.0 Å². The summed E-state index contributed by atoms with van der Waals surface area (Å²) >= 11 is 0. The summed E-state index contributed by atoms with van der Waals surface area (Å²) in [4.78, 5) is 12.3. The Morgan fingerprint density at radius 2 is 0.375 bits per heavy atom. The number of benzene rings is 8. The quantitative estimate of drug-likeness (QED) is 0.0892. The molecule has 0 aliphatic rings. The fourth-order valence-corrected chi connectivity index (χ4v) is 5.18. The van der Waals surface area contributed by atoms with Gasteiger partial charge in [-0.05, 0) is 24.3 Å². The molecule has 64 heavy (non-hydrogen) atoms. The van der Waals surface area contributed by atoms with Gasteiger partial charge in [0.15, 0.2) is 24.9 Å². The smallest absolute Gasteiger partial charge is 0.872 e. The van der Waals surface area contributed by atoms with Crippen LogP contribution in [-0.2, 0) is 0 Å². The van der Waals surface area contributed by atoms with E-state index in [1.54, 1.807) is 97.7 Å². The third-order valence-corrected chi connectivity index (χ3v) is 8.35. The number of rotatable bonds is 8. The van der Waals surface area contributed by atoms with Crippen LogP contribution in [0, 0.1) is 0 Å². The summed E-state index contributed by atoms with van der Waals surface area (Å²) in [6, 6.07) is 66.7. The van der Waals surface area contributed by atoms with Crippen LogP contribution in [0.1, 0.15) is 22.3 Å². The van der Waals surface area contributed by atoms with Gasteiger partial charge in [-0.1, -0.05) is 169 Å². The molecule has 0 radical (unpaired) electrons. The molecule has 0 atom stereocenters. The summed E-state index contributed by atoms with van der Waals surface area (Å²) in [7, 11) is 0. The predicted octanol–water partition coefficient (Wildman–Crippen LogP) is -9.62. The van der Waals surface area contributed by atoms with Gasteiger partial charge in [-0.15, -0.1) is 0 Å². The molecule has 0 unspecified atom stereocenters. The Kier molecular flexibility index (Phi) is 28.6. The van der Waals surface area contributed by atoms with E-state index in [0.717, 1.165) is 22.7 Å². The molecule has 296 valence electrons. The van der Waals surface area contributed by atoms with Crippen molar-refractivity contribution in [2.75, 3.05) is 0 Å². The minimum absolute atomic E-state index is 0. The molecule has 0 aromatic heterocycles. The van der Waals surface area contributed by atoms with Crippen molar-refractivity contribution < 1.29 is 116 Å². The summed E-state index contributed by atoms with van der Waals surface area (Å²) in [5, 5.41) is 45.5. The molecular formula is C52H44Li4N4O4+4. The zero-order valence-corrected chi connectivity index (χ0v) is 36.7. The second-order valence-electron chi connectivity index (χ2n) is 12.8. The summed E-state index contributed by atoms with van der Waals surface area (Å²) < 4.78 is 0. The van der Waals surface area contributed by atoms with Gasteiger partial charge < -0.3 is 20.4 Å².